The zero-order valence-corrected chi connectivity index (χ0v) is 15.8. The minimum atomic E-state index is -0.503. The Morgan fingerprint density at radius 1 is 0.840 bits per heavy atom. The molecule has 3 atom stereocenters. The molecule has 2 aliphatic rings. The summed E-state index contributed by atoms with van der Waals surface area (Å²) in [5.74, 6) is 0. The number of nitrogens with zero attached hydrogens (tertiary/aromatic N) is 3. The summed E-state index contributed by atoms with van der Waals surface area (Å²) in [6.45, 7) is 12.8. The van der Waals surface area contributed by atoms with Crippen LogP contribution < -0.4 is 11.4 Å². The summed E-state index contributed by atoms with van der Waals surface area (Å²) in [6.07, 6.45) is 0.883. The zero-order valence-electron chi connectivity index (χ0n) is 15.8. The highest BCUT2D eigenvalue weighted by Gasteiger charge is 2.71. The van der Waals surface area contributed by atoms with Crippen LogP contribution in [-0.4, -0.2) is 13.9 Å². The Morgan fingerprint density at radius 2 is 1.28 bits per heavy atom. The molecule has 0 spiro atoms. The molecule has 1 aliphatic heterocycles. The van der Waals surface area contributed by atoms with Gasteiger partial charge >= 0.3 is 11.4 Å². The minimum absolute atomic E-state index is 0.220. The standard InChI is InChI=1S/C20H25N3O2/c1-7-18(4)19(5)13(2)14(3)20(18,6)23-17(25)21(16(24)22(19)23)15-11-9-8-10-12-15/h8-12H,7H2,1-6H3/t18?,19-,20+. The molecule has 0 amide bonds. The van der Waals surface area contributed by atoms with Gasteiger partial charge in [0.1, 0.15) is 0 Å². The molecule has 1 aromatic carbocycles. The topological polar surface area (TPSA) is 48.9 Å². The van der Waals surface area contributed by atoms with Crippen molar-refractivity contribution in [2.24, 2.45) is 5.41 Å². The van der Waals surface area contributed by atoms with Crippen molar-refractivity contribution in [3.8, 4) is 5.69 Å². The molecule has 0 saturated carbocycles. The lowest BCUT2D eigenvalue weighted by Gasteiger charge is -2.41. The van der Waals surface area contributed by atoms with E-state index in [1.54, 1.807) is 21.5 Å². The molecule has 0 saturated heterocycles. The summed E-state index contributed by atoms with van der Waals surface area (Å²) in [6, 6.07) is 9.18. The Morgan fingerprint density at radius 3 is 1.68 bits per heavy atom. The molecule has 2 heterocycles. The first kappa shape index (κ1) is 16.2. The van der Waals surface area contributed by atoms with Crippen molar-refractivity contribution in [3.05, 3.63) is 62.4 Å². The predicted molar refractivity (Wildman–Crippen MR) is 98.4 cm³/mol. The summed E-state index contributed by atoms with van der Waals surface area (Å²) in [4.78, 5) is 26.7. The van der Waals surface area contributed by atoms with Crippen LogP contribution in [0.15, 0.2) is 51.1 Å². The molecule has 1 aromatic heterocycles. The number of aromatic nitrogens is 3. The summed E-state index contributed by atoms with van der Waals surface area (Å²) >= 11 is 0. The second-order valence-electron chi connectivity index (χ2n) is 7.94. The molecule has 5 heteroatoms. The molecule has 0 N–H and O–H groups in total. The zero-order chi connectivity index (χ0) is 18.4. The fourth-order valence-corrected chi connectivity index (χ4v) is 5.53. The van der Waals surface area contributed by atoms with E-state index in [2.05, 4.69) is 41.5 Å². The normalized spacial score (nSPS) is 33.2. The van der Waals surface area contributed by atoms with Crippen molar-refractivity contribution in [1.82, 2.24) is 13.9 Å². The molecule has 1 unspecified atom stereocenters. The average molecular weight is 339 g/mol. The van der Waals surface area contributed by atoms with Gasteiger partial charge < -0.3 is 0 Å². The van der Waals surface area contributed by atoms with Crippen LogP contribution >= 0.6 is 0 Å². The summed E-state index contributed by atoms with van der Waals surface area (Å²) in [5.41, 5.74) is 1.28. The maximum Gasteiger partial charge on any atom is 0.352 e. The molecule has 1 aliphatic carbocycles. The second kappa shape index (κ2) is 4.45. The van der Waals surface area contributed by atoms with Crippen LogP contribution in [0, 0.1) is 5.41 Å². The first-order valence-electron chi connectivity index (χ1n) is 8.89. The third kappa shape index (κ3) is 1.36. The molecular weight excluding hydrogens is 314 g/mol. The van der Waals surface area contributed by atoms with Gasteiger partial charge in [0.25, 0.3) is 0 Å². The van der Waals surface area contributed by atoms with Gasteiger partial charge in [-0.25, -0.2) is 23.5 Å². The van der Waals surface area contributed by atoms with Crippen LogP contribution in [0.4, 0.5) is 0 Å². The van der Waals surface area contributed by atoms with E-state index in [4.69, 9.17) is 0 Å². The van der Waals surface area contributed by atoms with Gasteiger partial charge in [-0.3, -0.25) is 0 Å². The third-order valence-corrected chi connectivity index (χ3v) is 7.69. The van der Waals surface area contributed by atoms with Gasteiger partial charge in [-0.05, 0) is 57.4 Å². The fraction of sp³-hybridized carbons (Fsp3) is 0.500. The van der Waals surface area contributed by atoms with Crippen LogP contribution in [0.25, 0.3) is 5.69 Å². The molecule has 4 rings (SSSR count). The first-order chi connectivity index (χ1) is 11.7. The monoisotopic (exact) mass is 339 g/mol. The highest BCUT2D eigenvalue weighted by Crippen LogP contribution is 2.67. The summed E-state index contributed by atoms with van der Waals surface area (Å²) in [5, 5.41) is 0. The molecule has 0 fully saturated rings. The second-order valence-corrected chi connectivity index (χ2v) is 7.94. The minimum Gasteiger partial charge on any atom is -0.245 e. The fourth-order valence-electron chi connectivity index (χ4n) is 5.53. The van der Waals surface area contributed by atoms with E-state index in [-0.39, 0.29) is 16.8 Å². The van der Waals surface area contributed by atoms with Crippen molar-refractivity contribution in [2.45, 2.75) is 59.0 Å². The molecule has 0 radical (unpaired) electrons. The molecule has 5 nitrogen and oxygen atoms in total. The van der Waals surface area contributed by atoms with Crippen molar-refractivity contribution >= 4 is 0 Å². The Balaban J connectivity index is 2.16. The summed E-state index contributed by atoms with van der Waals surface area (Å²) < 4.78 is 4.74. The van der Waals surface area contributed by atoms with Gasteiger partial charge in [-0.2, -0.15) is 0 Å². The summed E-state index contributed by atoms with van der Waals surface area (Å²) in [7, 11) is 0. The predicted octanol–water partition coefficient (Wildman–Crippen LogP) is 3.01. The van der Waals surface area contributed by atoms with Crippen molar-refractivity contribution < 1.29 is 0 Å². The largest absolute Gasteiger partial charge is 0.352 e. The van der Waals surface area contributed by atoms with E-state index >= 15 is 0 Å². The highest BCUT2D eigenvalue weighted by molar-refractivity contribution is 5.45. The lowest BCUT2D eigenvalue weighted by molar-refractivity contribution is 0.0984. The number of allylic oxidation sites excluding steroid dienone is 2. The smallest absolute Gasteiger partial charge is 0.245 e. The maximum atomic E-state index is 13.4. The number of hydrogen-bond acceptors (Lipinski definition) is 2. The van der Waals surface area contributed by atoms with E-state index in [0.717, 1.165) is 6.42 Å². The molecule has 132 valence electrons. The molecule has 2 bridgehead atoms. The van der Waals surface area contributed by atoms with Gasteiger partial charge in [-0.15, -0.1) is 0 Å². The van der Waals surface area contributed by atoms with Crippen LogP contribution in [0.3, 0.4) is 0 Å². The third-order valence-electron chi connectivity index (χ3n) is 7.69. The Hall–Kier alpha value is -2.30. The van der Waals surface area contributed by atoms with Gasteiger partial charge in [-0.1, -0.05) is 32.0 Å². The van der Waals surface area contributed by atoms with E-state index in [1.165, 1.54) is 15.7 Å². The molecule has 2 aromatic rings. The van der Waals surface area contributed by atoms with E-state index in [9.17, 15) is 9.59 Å². The quantitative estimate of drug-likeness (QED) is 0.790. The van der Waals surface area contributed by atoms with E-state index in [0.29, 0.717) is 5.69 Å². The van der Waals surface area contributed by atoms with Gasteiger partial charge in [0, 0.05) is 5.41 Å². The van der Waals surface area contributed by atoms with E-state index in [1.807, 2.05) is 18.2 Å². The Labute approximate surface area is 147 Å². The Bertz CT molecular complexity index is 980. The first-order valence-corrected chi connectivity index (χ1v) is 8.89. The lowest BCUT2D eigenvalue weighted by Crippen LogP contribution is -2.49. The number of para-hydroxylation sites is 1. The average Bonchev–Trinajstić information content (AvgIpc) is 3.01. The van der Waals surface area contributed by atoms with Gasteiger partial charge in [0.15, 0.2) is 0 Å². The number of hydrogen-bond donors (Lipinski definition) is 0. The van der Waals surface area contributed by atoms with Gasteiger partial charge in [0.05, 0.1) is 16.8 Å². The van der Waals surface area contributed by atoms with Crippen LogP contribution in [-0.2, 0) is 11.1 Å². The van der Waals surface area contributed by atoms with Crippen LogP contribution in [0.2, 0.25) is 0 Å². The lowest BCUT2D eigenvalue weighted by atomic mass is 9.63. The van der Waals surface area contributed by atoms with Gasteiger partial charge in [0.2, 0.25) is 0 Å². The number of rotatable bonds is 2. The number of benzene rings is 1. The molecular formula is C20H25N3O2. The van der Waals surface area contributed by atoms with Crippen LogP contribution in [0.5, 0.6) is 0 Å². The number of fused-ring (bicyclic) bond motifs is 5. The van der Waals surface area contributed by atoms with Crippen molar-refractivity contribution in [3.63, 3.8) is 0 Å². The Kier molecular flexibility index (Phi) is 2.88. The maximum absolute atomic E-state index is 13.4. The SMILES string of the molecule is CCC1(C)[C@@]2(C)C(C)=C(C)[C@]1(C)n1c(=O)n(-c3ccccc3)c(=O)n12. The van der Waals surface area contributed by atoms with Crippen molar-refractivity contribution in [2.75, 3.05) is 0 Å². The molecule has 25 heavy (non-hydrogen) atoms. The van der Waals surface area contributed by atoms with Crippen molar-refractivity contribution in [1.29, 1.82) is 0 Å². The van der Waals surface area contributed by atoms with E-state index < -0.39 is 11.1 Å². The van der Waals surface area contributed by atoms with Crippen LogP contribution in [0.1, 0.15) is 48.0 Å². The highest BCUT2D eigenvalue weighted by atomic mass is 16.2.